The summed E-state index contributed by atoms with van der Waals surface area (Å²) in [5, 5.41) is 2.69. The fourth-order valence-electron chi connectivity index (χ4n) is 2.30. The maximum Gasteiger partial charge on any atom is 0.234 e. The van der Waals surface area contributed by atoms with Gasteiger partial charge in [-0.25, -0.2) is 17.8 Å². The first kappa shape index (κ1) is 19.6. The molecule has 10 heteroatoms. The number of aromatic nitrogens is 1. The number of sulfonamides is 1. The Morgan fingerprint density at radius 1 is 1.30 bits per heavy atom. The zero-order valence-electron chi connectivity index (χ0n) is 14.4. The Balaban J connectivity index is 1.66. The first-order valence-electron chi connectivity index (χ1n) is 7.77. The largest absolute Gasteiger partial charge is 0.325 e. The highest BCUT2D eigenvalue weighted by Gasteiger charge is 2.11. The topological polar surface area (TPSA) is 88.2 Å². The van der Waals surface area contributed by atoms with Crippen LogP contribution in [-0.4, -0.2) is 31.3 Å². The van der Waals surface area contributed by atoms with Crippen LogP contribution < -0.4 is 10.0 Å². The molecule has 0 fully saturated rings. The van der Waals surface area contributed by atoms with Crippen molar-refractivity contribution in [1.29, 1.82) is 0 Å². The van der Waals surface area contributed by atoms with E-state index in [1.807, 2.05) is 0 Å². The van der Waals surface area contributed by atoms with Gasteiger partial charge < -0.3 is 5.32 Å². The van der Waals surface area contributed by atoms with Gasteiger partial charge in [0.15, 0.2) is 4.34 Å². The van der Waals surface area contributed by atoms with E-state index in [1.54, 1.807) is 37.3 Å². The van der Waals surface area contributed by atoms with Crippen LogP contribution in [0, 0.1) is 12.7 Å². The minimum absolute atomic E-state index is 0.129. The molecule has 1 aromatic heterocycles. The average Bonchev–Trinajstić information content (AvgIpc) is 2.98. The lowest BCUT2D eigenvalue weighted by Gasteiger charge is -2.08. The van der Waals surface area contributed by atoms with Gasteiger partial charge in [-0.05, 0) is 37.3 Å². The zero-order valence-corrected chi connectivity index (χ0v) is 16.9. The lowest BCUT2D eigenvalue weighted by Crippen LogP contribution is -2.15. The van der Waals surface area contributed by atoms with Crippen molar-refractivity contribution in [1.82, 2.24) is 4.98 Å². The van der Waals surface area contributed by atoms with Crippen molar-refractivity contribution in [3.8, 4) is 0 Å². The predicted molar refractivity (Wildman–Crippen MR) is 109 cm³/mol. The number of thioether (sulfide) groups is 1. The maximum atomic E-state index is 13.5. The molecule has 0 aliphatic rings. The Labute approximate surface area is 164 Å². The summed E-state index contributed by atoms with van der Waals surface area (Å²) in [5.74, 6) is -0.498. The maximum absolute atomic E-state index is 13.5. The minimum Gasteiger partial charge on any atom is -0.325 e. The van der Waals surface area contributed by atoms with E-state index in [-0.39, 0.29) is 17.5 Å². The molecule has 0 aliphatic heterocycles. The third-order valence-corrected chi connectivity index (χ3v) is 6.31. The Kier molecular flexibility index (Phi) is 5.68. The summed E-state index contributed by atoms with van der Waals surface area (Å²) in [4.78, 5) is 16.5. The number of hydrogen-bond acceptors (Lipinski definition) is 6. The predicted octanol–water partition coefficient (Wildman–Crippen LogP) is 3.85. The Morgan fingerprint density at radius 2 is 2.07 bits per heavy atom. The molecule has 0 saturated carbocycles. The molecule has 0 bridgehead atoms. The number of carbonyl (C=O) groups is 1. The van der Waals surface area contributed by atoms with E-state index in [4.69, 9.17) is 0 Å². The van der Waals surface area contributed by atoms with Crippen LogP contribution in [0.3, 0.4) is 0 Å². The quantitative estimate of drug-likeness (QED) is 0.586. The lowest BCUT2D eigenvalue weighted by molar-refractivity contribution is -0.113. The van der Waals surface area contributed by atoms with Crippen LogP contribution in [0.1, 0.15) is 5.56 Å². The molecule has 2 N–H and O–H groups in total. The molecule has 142 valence electrons. The molecule has 0 spiro atoms. The second-order valence-corrected chi connectivity index (χ2v) is 9.79. The number of hydrogen-bond donors (Lipinski definition) is 2. The Hall–Kier alpha value is -2.17. The average molecular weight is 426 g/mol. The van der Waals surface area contributed by atoms with Gasteiger partial charge in [0.2, 0.25) is 15.9 Å². The monoisotopic (exact) mass is 425 g/mol. The van der Waals surface area contributed by atoms with Crippen molar-refractivity contribution in [2.45, 2.75) is 11.3 Å². The summed E-state index contributed by atoms with van der Waals surface area (Å²) in [7, 11) is -3.35. The molecule has 6 nitrogen and oxygen atoms in total. The van der Waals surface area contributed by atoms with Gasteiger partial charge in [0.25, 0.3) is 0 Å². The number of fused-ring (bicyclic) bond motifs is 1. The normalized spacial score (nSPS) is 11.5. The number of amides is 1. The van der Waals surface area contributed by atoms with Crippen LogP contribution in [0.5, 0.6) is 0 Å². The molecule has 2 aromatic carbocycles. The zero-order chi connectivity index (χ0) is 19.6. The van der Waals surface area contributed by atoms with E-state index in [1.165, 1.54) is 29.2 Å². The molecule has 1 amide bonds. The molecule has 27 heavy (non-hydrogen) atoms. The van der Waals surface area contributed by atoms with Gasteiger partial charge in [0.05, 0.1) is 27.9 Å². The first-order chi connectivity index (χ1) is 12.7. The first-order valence-corrected chi connectivity index (χ1v) is 11.5. The summed E-state index contributed by atoms with van der Waals surface area (Å²) < 4.78 is 40.1. The van der Waals surface area contributed by atoms with Crippen molar-refractivity contribution in [2.24, 2.45) is 0 Å². The van der Waals surface area contributed by atoms with Crippen LogP contribution in [0.2, 0.25) is 0 Å². The van der Waals surface area contributed by atoms with E-state index < -0.39 is 10.0 Å². The smallest absolute Gasteiger partial charge is 0.234 e. The molecule has 0 unspecified atom stereocenters. The van der Waals surface area contributed by atoms with E-state index in [0.717, 1.165) is 16.5 Å². The molecular weight excluding hydrogens is 409 g/mol. The van der Waals surface area contributed by atoms with Crippen LogP contribution >= 0.6 is 23.1 Å². The molecule has 0 atom stereocenters. The molecule has 1 heterocycles. The van der Waals surface area contributed by atoms with Crippen molar-refractivity contribution >= 4 is 60.6 Å². The summed E-state index contributed by atoms with van der Waals surface area (Å²) in [6.45, 7) is 1.60. The summed E-state index contributed by atoms with van der Waals surface area (Å²) in [6, 6.07) is 9.59. The highest BCUT2D eigenvalue weighted by Crippen LogP contribution is 2.31. The second-order valence-electron chi connectivity index (χ2n) is 5.79. The molecule has 0 radical (unpaired) electrons. The number of rotatable bonds is 6. The third kappa shape index (κ3) is 5.18. The van der Waals surface area contributed by atoms with Crippen LogP contribution in [-0.2, 0) is 14.8 Å². The van der Waals surface area contributed by atoms with Gasteiger partial charge in [0, 0.05) is 11.3 Å². The Morgan fingerprint density at radius 3 is 2.81 bits per heavy atom. The summed E-state index contributed by atoms with van der Waals surface area (Å²) in [6.07, 6.45) is 1.09. The number of benzene rings is 2. The van der Waals surface area contributed by atoms with Crippen LogP contribution in [0.4, 0.5) is 15.8 Å². The molecule has 3 aromatic rings. The Bertz CT molecular complexity index is 1110. The molecule has 3 rings (SSSR count). The van der Waals surface area contributed by atoms with Crippen molar-refractivity contribution in [3.63, 3.8) is 0 Å². The van der Waals surface area contributed by atoms with Crippen LogP contribution in [0.15, 0.2) is 40.7 Å². The SMILES string of the molecule is Cc1c(F)cccc1NC(=O)CSc1nc2ccc(NS(C)(=O)=O)cc2s1. The molecular formula is C17H16FN3O3S3. The van der Waals surface area contributed by atoms with Gasteiger partial charge in [0.1, 0.15) is 5.82 Å². The highest BCUT2D eigenvalue weighted by atomic mass is 32.2. The number of thiazole rings is 1. The van der Waals surface area contributed by atoms with Gasteiger partial charge in [-0.15, -0.1) is 11.3 Å². The number of halogens is 1. The fourth-order valence-corrected chi connectivity index (χ4v) is 4.76. The van der Waals surface area contributed by atoms with Crippen LogP contribution in [0.25, 0.3) is 10.2 Å². The standard InChI is InChI=1S/C17H16FN3O3S3/c1-10-12(18)4-3-5-13(10)19-16(22)9-25-17-20-14-7-6-11(8-15(14)26-17)21-27(2,23)24/h3-8,21H,9H2,1-2H3,(H,19,22). The summed E-state index contributed by atoms with van der Waals surface area (Å²) >= 11 is 2.63. The van der Waals surface area contributed by atoms with E-state index in [2.05, 4.69) is 15.0 Å². The lowest BCUT2D eigenvalue weighted by atomic mass is 10.2. The summed E-state index contributed by atoms with van der Waals surface area (Å²) in [5.41, 5.74) is 2.02. The number of nitrogens with zero attached hydrogens (tertiary/aromatic N) is 1. The number of carbonyl (C=O) groups excluding carboxylic acids is 1. The number of nitrogens with one attached hydrogen (secondary N) is 2. The molecule has 0 saturated heterocycles. The van der Waals surface area contributed by atoms with Gasteiger partial charge in [-0.2, -0.15) is 0 Å². The van der Waals surface area contributed by atoms with Crippen molar-refractivity contribution in [3.05, 3.63) is 47.8 Å². The van der Waals surface area contributed by atoms with Crippen molar-refractivity contribution in [2.75, 3.05) is 22.0 Å². The molecule has 0 aliphatic carbocycles. The highest BCUT2D eigenvalue weighted by molar-refractivity contribution is 8.01. The van der Waals surface area contributed by atoms with Gasteiger partial charge in [-0.1, -0.05) is 17.8 Å². The third-order valence-electron chi connectivity index (χ3n) is 3.54. The second kappa shape index (κ2) is 7.83. The van der Waals surface area contributed by atoms with E-state index >= 15 is 0 Å². The number of anilines is 2. The van der Waals surface area contributed by atoms with Gasteiger partial charge >= 0.3 is 0 Å². The van der Waals surface area contributed by atoms with E-state index in [9.17, 15) is 17.6 Å². The minimum atomic E-state index is -3.35. The fraction of sp³-hybridized carbons (Fsp3) is 0.176. The van der Waals surface area contributed by atoms with Crippen molar-refractivity contribution < 1.29 is 17.6 Å². The van der Waals surface area contributed by atoms with E-state index in [0.29, 0.717) is 21.3 Å². The van der Waals surface area contributed by atoms with Gasteiger partial charge in [-0.3, -0.25) is 9.52 Å².